The van der Waals surface area contributed by atoms with Crippen molar-refractivity contribution in [1.82, 2.24) is 4.31 Å². The summed E-state index contributed by atoms with van der Waals surface area (Å²) in [5.41, 5.74) is 2.19. The molecular weight excluding hydrogens is 380 g/mol. The average Bonchev–Trinajstić information content (AvgIpc) is 2.80. The van der Waals surface area contributed by atoms with E-state index in [4.69, 9.17) is 0 Å². The van der Waals surface area contributed by atoms with Crippen LogP contribution in [0.15, 0.2) is 22.7 Å². The monoisotopic (exact) mass is 400 g/mol. The molecule has 0 bridgehead atoms. The molecule has 2 aliphatic rings. The van der Waals surface area contributed by atoms with Gasteiger partial charge in [0.05, 0.1) is 6.26 Å². The lowest BCUT2D eigenvalue weighted by molar-refractivity contribution is -0.123. The lowest BCUT2D eigenvalue weighted by Gasteiger charge is -2.33. The van der Waals surface area contributed by atoms with Crippen LogP contribution < -0.4 is 4.90 Å². The van der Waals surface area contributed by atoms with Crippen LogP contribution in [0.1, 0.15) is 25.3 Å². The van der Waals surface area contributed by atoms with Crippen molar-refractivity contribution in [2.24, 2.45) is 5.92 Å². The van der Waals surface area contributed by atoms with E-state index in [1.807, 2.05) is 17.0 Å². The molecular formula is C16H21BrN2O3S. The van der Waals surface area contributed by atoms with Crippen molar-refractivity contribution in [3.63, 3.8) is 0 Å². The number of benzene rings is 1. The van der Waals surface area contributed by atoms with Crippen LogP contribution >= 0.6 is 15.9 Å². The first-order chi connectivity index (χ1) is 10.8. The highest BCUT2D eigenvalue weighted by molar-refractivity contribution is 9.10. The number of piperidine rings is 1. The second kappa shape index (κ2) is 6.18. The molecule has 1 aromatic carbocycles. The van der Waals surface area contributed by atoms with E-state index >= 15 is 0 Å². The highest BCUT2D eigenvalue weighted by atomic mass is 79.9. The van der Waals surface area contributed by atoms with Crippen LogP contribution in [0.4, 0.5) is 5.69 Å². The van der Waals surface area contributed by atoms with Gasteiger partial charge in [-0.3, -0.25) is 4.79 Å². The van der Waals surface area contributed by atoms with E-state index in [2.05, 4.69) is 28.9 Å². The molecule has 1 atom stereocenters. The second-order valence-electron chi connectivity index (χ2n) is 6.47. The zero-order chi connectivity index (χ0) is 16.8. The Hall–Kier alpha value is -0.920. The van der Waals surface area contributed by atoms with Crippen LogP contribution in [0.5, 0.6) is 0 Å². The van der Waals surface area contributed by atoms with Gasteiger partial charge in [0.15, 0.2) is 0 Å². The van der Waals surface area contributed by atoms with Crippen molar-refractivity contribution in [1.29, 1.82) is 0 Å². The molecule has 0 spiro atoms. The van der Waals surface area contributed by atoms with Gasteiger partial charge in [-0.15, -0.1) is 0 Å². The first-order valence-corrected chi connectivity index (χ1v) is 10.5. The normalized spacial score (nSPS) is 23.1. The summed E-state index contributed by atoms with van der Waals surface area (Å²) < 4.78 is 25.7. The molecule has 0 radical (unpaired) electrons. The van der Waals surface area contributed by atoms with Crippen molar-refractivity contribution in [2.75, 3.05) is 24.2 Å². The zero-order valence-corrected chi connectivity index (χ0v) is 15.7. The largest absolute Gasteiger partial charge is 0.309 e. The Morgan fingerprint density at radius 1 is 1.26 bits per heavy atom. The maximum Gasteiger partial charge on any atom is 0.230 e. The number of nitrogens with zero attached hydrogens (tertiary/aromatic N) is 2. The molecule has 1 amide bonds. The minimum absolute atomic E-state index is 0.0925. The Labute approximate surface area is 145 Å². The summed E-state index contributed by atoms with van der Waals surface area (Å²) in [6.07, 6.45) is 3.29. The summed E-state index contributed by atoms with van der Waals surface area (Å²) in [7, 11) is -3.16. The number of fused-ring (bicyclic) bond motifs is 1. The molecule has 2 aliphatic heterocycles. The van der Waals surface area contributed by atoms with Gasteiger partial charge in [-0.2, -0.15) is 0 Å². The fourth-order valence-electron chi connectivity index (χ4n) is 3.57. The van der Waals surface area contributed by atoms with Crippen LogP contribution in [0.25, 0.3) is 0 Å². The topological polar surface area (TPSA) is 57.7 Å². The van der Waals surface area contributed by atoms with Crippen LogP contribution in [0, 0.1) is 5.92 Å². The second-order valence-corrected chi connectivity index (χ2v) is 9.37. The quantitative estimate of drug-likeness (QED) is 0.765. The Kier molecular flexibility index (Phi) is 4.55. The number of hydrogen-bond donors (Lipinski definition) is 0. The fraction of sp³-hybridized carbons (Fsp3) is 0.562. The van der Waals surface area contributed by atoms with Gasteiger partial charge in [-0.25, -0.2) is 12.7 Å². The minimum atomic E-state index is -3.16. The molecule has 5 nitrogen and oxygen atoms in total. The Morgan fingerprint density at radius 3 is 2.52 bits per heavy atom. The van der Waals surface area contributed by atoms with Crippen molar-refractivity contribution in [2.45, 2.75) is 32.2 Å². The number of rotatable bonds is 2. The summed E-state index contributed by atoms with van der Waals surface area (Å²) in [4.78, 5) is 14.9. The van der Waals surface area contributed by atoms with E-state index in [0.717, 1.165) is 16.6 Å². The highest BCUT2D eigenvalue weighted by Gasteiger charge is 2.37. The molecule has 23 heavy (non-hydrogen) atoms. The van der Waals surface area contributed by atoms with Gasteiger partial charge in [-0.05, 0) is 49.9 Å². The summed E-state index contributed by atoms with van der Waals surface area (Å²) in [6, 6.07) is 6.18. The molecule has 1 saturated heterocycles. The third-order valence-electron chi connectivity index (χ3n) is 4.77. The molecule has 7 heteroatoms. The number of anilines is 1. The highest BCUT2D eigenvalue weighted by Crippen LogP contribution is 2.36. The fourth-order valence-corrected chi connectivity index (χ4v) is 4.85. The summed E-state index contributed by atoms with van der Waals surface area (Å²) in [5, 5.41) is 0. The van der Waals surface area contributed by atoms with E-state index < -0.39 is 10.0 Å². The molecule has 126 valence electrons. The standard InChI is InChI=1S/C16H21BrN2O3S/c1-11-9-13-10-14(17)3-4-15(13)19(11)16(20)12-5-7-18(8-6-12)23(2,21)22/h3-4,10-12H,5-9H2,1-2H3/t11-/m1/s1. The number of carbonyl (C=O) groups excluding carboxylic acids is 1. The van der Waals surface area contributed by atoms with Gasteiger partial charge < -0.3 is 4.90 Å². The van der Waals surface area contributed by atoms with Crippen LogP contribution in [-0.2, 0) is 21.2 Å². The van der Waals surface area contributed by atoms with Crippen molar-refractivity contribution < 1.29 is 13.2 Å². The zero-order valence-electron chi connectivity index (χ0n) is 13.3. The van der Waals surface area contributed by atoms with Crippen molar-refractivity contribution >= 4 is 37.5 Å². The average molecular weight is 401 g/mol. The predicted molar refractivity (Wildman–Crippen MR) is 93.9 cm³/mol. The van der Waals surface area contributed by atoms with Gasteiger partial charge in [0, 0.05) is 35.2 Å². The summed E-state index contributed by atoms with van der Waals surface area (Å²) in [6.45, 7) is 2.94. The smallest absolute Gasteiger partial charge is 0.230 e. The molecule has 0 N–H and O–H groups in total. The third-order valence-corrected chi connectivity index (χ3v) is 6.56. The Bertz CT molecular complexity index is 727. The first-order valence-electron chi connectivity index (χ1n) is 7.84. The molecule has 0 unspecified atom stereocenters. The first kappa shape index (κ1) is 16.9. The van der Waals surface area contributed by atoms with Crippen LogP contribution in [-0.4, -0.2) is 44.0 Å². The number of amides is 1. The third kappa shape index (κ3) is 3.32. The van der Waals surface area contributed by atoms with Crippen molar-refractivity contribution in [3.8, 4) is 0 Å². The SMILES string of the molecule is C[C@@H]1Cc2cc(Br)ccc2N1C(=O)C1CCN(S(C)(=O)=O)CC1. The maximum atomic E-state index is 13.0. The number of halogens is 1. The molecule has 1 fully saturated rings. The van der Waals surface area contributed by atoms with Gasteiger partial charge >= 0.3 is 0 Å². The Morgan fingerprint density at radius 2 is 1.91 bits per heavy atom. The number of hydrogen-bond acceptors (Lipinski definition) is 3. The summed E-state index contributed by atoms with van der Waals surface area (Å²) in [5.74, 6) is 0.0387. The van der Waals surface area contributed by atoms with Crippen molar-refractivity contribution in [3.05, 3.63) is 28.2 Å². The number of sulfonamides is 1. The van der Waals surface area contributed by atoms with E-state index in [1.165, 1.54) is 16.1 Å². The Balaban J connectivity index is 1.75. The lowest BCUT2D eigenvalue weighted by atomic mass is 9.96. The van der Waals surface area contributed by atoms with Gasteiger partial charge in [0.2, 0.25) is 15.9 Å². The predicted octanol–water partition coefficient (Wildman–Crippen LogP) is 2.40. The van der Waals surface area contributed by atoms with E-state index in [0.29, 0.717) is 25.9 Å². The molecule has 3 rings (SSSR count). The minimum Gasteiger partial charge on any atom is -0.309 e. The molecule has 1 aromatic rings. The van der Waals surface area contributed by atoms with Gasteiger partial charge in [-0.1, -0.05) is 15.9 Å². The maximum absolute atomic E-state index is 13.0. The van der Waals surface area contributed by atoms with Gasteiger partial charge in [0.25, 0.3) is 0 Å². The van der Waals surface area contributed by atoms with Crippen LogP contribution in [0.3, 0.4) is 0 Å². The lowest BCUT2D eigenvalue weighted by Crippen LogP contribution is -2.45. The van der Waals surface area contributed by atoms with E-state index in [1.54, 1.807) is 0 Å². The van der Waals surface area contributed by atoms with Gasteiger partial charge in [0.1, 0.15) is 0 Å². The van der Waals surface area contributed by atoms with E-state index in [-0.39, 0.29) is 17.9 Å². The number of carbonyl (C=O) groups is 1. The molecule has 2 heterocycles. The van der Waals surface area contributed by atoms with Crippen LogP contribution in [0.2, 0.25) is 0 Å². The molecule has 0 aliphatic carbocycles. The van der Waals surface area contributed by atoms with E-state index in [9.17, 15) is 13.2 Å². The molecule has 0 saturated carbocycles. The molecule has 0 aromatic heterocycles. The summed E-state index contributed by atoms with van der Waals surface area (Å²) >= 11 is 3.48.